The van der Waals surface area contributed by atoms with E-state index in [0.29, 0.717) is 29.8 Å². The van der Waals surface area contributed by atoms with Crippen LogP contribution in [0.25, 0.3) is 0 Å². The molecule has 274 valence electrons. The van der Waals surface area contributed by atoms with Crippen molar-refractivity contribution in [2.24, 2.45) is 0 Å². The fraction of sp³-hybridized carbons (Fsp3) is 0.902. The highest BCUT2D eigenvalue weighted by atomic mass is 35.5. The van der Waals surface area contributed by atoms with E-state index in [-0.39, 0.29) is 18.3 Å². The maximum atomic E-state index is 12.8. The van der Waals surface area contributed by atoms with Crippen LogP contribution in [-0.2, 0) is 9.59 Å². The number of halogens is 1. The second-order valence-corrected chi connectivity index (χ2v) is 14.5. The third-order valence-corrected chi connectivity index (χ3v) is 9.55. The van der Waals surface area contributed by atoms with Crippen molar-refractivity contribution in [1.29, 1.82) is 0 Å². The maximum Gasteiger partial charge on any atom is 0.313 e. The van der Waals surface area contributed by atoms with Gasteiger partial charge in [-0.15, -0.1) is 0 Å². The number of hydrogen-bond donors (Lipinski definition) is 1. The molecule has 0 spiro atoms. The molecule has 0 aliphatic heterocycles. The SMILES string of the molecule is CCCCCCCC/C=C\CCCCCCCC(=O)[N+](C)(C)CCCNC(=O)CCCCCCCCCCCCCCCCC.[Cl-]. The molecule has 0 aromatic carbocycles. The summed E-state index contributed by atoms with van der Waals surface area (Å²) in [6.45, 7) is 6.03. The molecule has 0 saturated carbocycles. The molecule has 0 heterocycles. The molecule has 0 radical (unpaired) electrons. The first-order valence-electron chi connectivity index (χ1n) is 20.2. The van der Waals surface area contributed by atoms with E-state index in [0.717, 1.165) is 32.2 Å². The minimum absolute atomic E-state index is 0. The predicted molar refractivity (Wildman–Crippen MR) is 199 cm³/mol. The summed E-state index contributed by atoms with van der Waals surface area (Å²) >= 11 is 0. The molecule has 0 aliphatic rings. The van der Waals surface area contributed by atoms with E-state index in [1.807, 2.05) is 14.1 Å². The van der Waals surface area contributed by atoms with Gasteiger partial charge in [0.15, 0.2) is 0 Å². The van der Waals surface area contributed by atoms with Crippen LogP contribution in [0.5, 0.6) is 0 Å². The molecule has 0 fully saturated rings. The van der Waals surface area contributed by atoms with Gasteiger partial charge in [0.1, 0.15) is 0 Å². The average molecular weight is 670 g/mol. The molecule has 1 N–H and O–H groups in total. The van der Waals surface area contributed by atoms with E-state index in [2.05, 4.69) is 31.3 Å². The lowest BCUT2D eigenvalue weighted by Gasteiger charge is -2.27. The second-order valence-electron chi connectivity index (χ2n) is 14.5. The highest BCUT2D eigenvalue weighted by Gasteiger charge is 2.24. The normalized spacial score (nSPS) is 11.7. The lowest BCUT2D eigenvalue weighted by molar-refractivity contribution is -0.814. The Morgan fingerprint density at radius 3 is 1.24 bits per heavy atom. The molecule has 46 heavy (non-hydrogen) atoms. The standard InChI is InChI=1S/C41H80N2O2.ClH/c1-5-7-9-11-13-15-17-19-21-23-25-27-29-31-33-36-40(44)42-38-35-39-43(3,4)41(45)37-34-32-30-28-26-24-22-20-18-16-14-12-10-8-6-2;/h20,22H,5-19,21,23-39H2,1-4H3;1H/b22-20-;. The Kier molecular flexibility index (Phi) is 38.0. The molecule has 0 aliphatic carbocycles. The number of nitrogens with one attached hydrogen (secondary N) is 1. The predicted octanol–water partition coefficient (Wildman–Crippen LogP) is 9.40. The average Bonchev–Trinajstić information content (AvgIpc) is 3.03. The van der Waals surface area contributed by atoms with Crippen LogP contribution in [-0.4, -0.2) is 43.5 Å². The van der Waals surface area contributed by atoms with Gasteiger partial charge < -0.3 is 17.7 Å². The van der Waals surface area contributed by atoms with Crippen LogP contribution in [0, 0.1) is 0 Å². The summed E-state index contributed by atoms with van der Waals surface area (Å²) in [7, 11) is 4.05. The minimum atomic E-state index is 0. The molecule has 0 unspecified atom stereocenters. The van der Waals surface area contributed by atoms with Gasteiger partial charge >= 0.3 is 5.91 Å². The topological polar surface area (TPSA) is 46.2 Å². The largest absolute Gasteiger partial charge is 1.00 e. The Balaban J connectivity index is 0. The molecule has 0 aromatic rings. The Hall–Kier alpha value is -0.870. The minimum Gasteiger partial charge on any atom is -1.00 e. The summed E-state index contributed by atoms with van der Waals surface area (Å²) in [5.74, 6) is 0.506. The Morgan fingerprint density at radius 2 is 0.826 bits per heavy atom. The van der Waals surface area contributed by atoms with Gasteiger partial charge in [0.05, 0.1) is 27.1 Å². The van der Waals surface area contributed by atoms with Crippen molar-refractivity contribution < 1.29 is 26.5 Å². The summed E-state index contributed by atoms with van der Waals surface area (Å²) in [6, 6.07) is 0. The van der Waals surface area contributed by atoms with E-state index < -0.39 is 0 Å². The van der Waals surface area contributed by atoms with Gasteiger partial charge in [-0.1, -0.05) is 167 Å². The summed E-state index contributed by atoms with van der Waals surface area (Å²) in [6.07, 6.45) is 43.7. The van der Waals surface area contributed by atoms with Crippen molar-refractivity contribution >= 4 is 11.8 Å². The number of unbranched alkanes of at least 4 members (excludes halogenated alkanes) is 25. The zero-order valence-electron chi connectivity index (χ0n) is 31.6. The van der Waals surface area contributed by atoms with Crippen LogP contribution >= 0.6 is 0 Å². The first kappa shape index (κ1) is 47.2. The second kappa shape index (κ2) is 37.0. The number of amides is 2. The van der Waals surface area contributed by atoms with Crippen molar-refractivity contribution in [1.82, 2.24) is 5.32 Å². The number of nitrogens with zero attached hydrogens (tertiary/aromatic N) is 1. The van der Waals surface area contributed by atoms with Crippen LogP contribution in [0.4, 0.5) is 0 Å². The number of hydrogen-bond acceptors (Lipinski definition) is 2. The van der Waals surface area contributed by atoms with E-state index in [1.54, 1.807) is 0 Å². The summed E-state index contributed by atoms with van der Waals surface area (Å²) in [5.41, 5.74) is 0. The lowest BCUT2D eigenvalue weighted by atomic mass is 10.0. The third kappa shape index (κ3) is 34.5. The molecule has 0 aromatic heterocycles. The number of quaternary nitrogens is 1. The number of allylic oxidation sites excluding steroid dienone is 2. The zero-order valence-corrected chi connectivity index (χ0v) is 32.4. The van der Waals surface area contributed by atoms with Gasteiger partial charge in [0.25, 0.3) is 0 Å². The Labute approximate surface area is 295 Å². The van der Waals surface area contributed by atoms with Crippen molar-refractivity contribution in [3.63, 3.8) is 0 Å². The third-order valence-electron chi connectivity index (χ3n) is 9.55. The number of rotatable bonds is 35. The molecular formula is C41H81ClN2O2. The van der Waals surface area contributed by atoms with Crippen LogP contribution in [0.3, 0.4) is 0 Å². The summed E-state index contributed by atoms with van der Waals surface area (Å²) < 4.78 is 0.429. The summed E-state index contributed by atoms with van der Waals surface area (Å²) in [5, 5.41) is 3.08. The molecule has 4 nitrogen and oxygen atoms in total. The van der Waals surface area contributed by atoms with E-state index in [4.69, 9.17) is 0 Å². The smallest absolute Gasteiger partial charge is 0.313 e. The van der Waals surface area contributed by atoms with Gasteiger partial charge in [-0.3, -0.25) is 9.28 Å². The van der Waals surface area contributed by atoms with Crippen LogP contribution in [0.1, 0.15) is 213 Å². The van der Waals surface area contributed by atoms with E-state index >= 15 is 0 Å². The van der Waals surface area contributed by atoms with Gasteiger partial charge in [0, 0.05) is 19.4 Å². The molecule has 0 bridgehead atoms. The first-order chi connectivity index (χ1) is 21.9. The lowest BCUT2D eigenvalue weighted by Crippen LogP contribution is -3.00. The van der Waals surface area contributed by atoms with Crippen LogP contribution in [0.15, 0.2) is 12.2 Å². The Morgan fingerprint density at radius 1 is 0.478 bits per heavy atom. The number of carbonyl (C=O) groups excluding carboxylic acids is 2. The van der Waals surface area contributed by atoms with Gasteiger partial charge in [0.2, 0.25) is 5.91 Å². The van der Waals surface area contributed by atoms with Crippen molar-refractivity contribution in [2.45, 2.75) is 213 Å². The number of carbonyl (C=O) groups is 2. The Bertz CT molecular complexity index is 679. The van der Waals surface area contributed by atoms with Crippen LogP contribution < -0.4 is 17.7 Å². The molecule has 5 heteroatoms. The molecular weight excluding hydrogens is 588 g/mol. The monoisotopic (exact) mass is 669 g/mol. The van der Waals surface area contributed by atoms with Crippen molar-refractivity contribution in [3.8, 4) is 0 Å². The fourth-order valence-electron chi connectivity index (χ4n) is 6.22. The highest BCUT2D eigenvalue weighted by molar-refractivity contribution is 5.75. The fourth-order valence-corrected chi connectivity index (χ4v) is 6.22. The summed E-state index contributed by atoms with van der Waals surface area (Å²) in [4.78, 5) is 25.0. The van der Waals surface area contributed by atoms with Crippen molar-refractivity contribution in [2.75, 3.05) is 27.2 Å². The van der Waals surface area contributed by atoms with Gasteiger partial charge in [-0.25, -0.2) is 4.79 Å². The highest BCUT2D eigenvalue weighted by Crippen LogP contribution is 2.15. The van der Waals surface area contributed by atoms with E-state index in [1.165, 1.54) is 161 Å². The molecule has 0 rings (SSSR count). The van der Waals surface area contributed by atoms with Crippen molar-refractivity contribution in [3.05, 3.63) is 12.2 Å². The zero-order chi connectivity index (χ0) is 33.1. The van der Waals surface area contributed by atoms with Gasteiger partial charge in [-0.2, -0.15) is 0 Å². The quantitative estimate of drug-likeness (QED) is 0.0416. The molecule has 0 saturated heterocycles. The maximum absolute atomic E-state index is 12.8. The van der Waals surface area contributed by atoms with Gasteiger partial charge in [-0.05, 0) is 38.5 Å². The van der Waals surface area contributed by atoms with E-state index in [9.17, 15) is 9.59 Å². The molecule has 0 atom stereocenters. The first-order valence-corrected chi connectivity index (χ1v) is 20.2. The molecule has 2 amide bonds. The van der Waals surface area contributed by atoms with Crippen LogP contribution in [0.2, 0.25) is 0 Å².